The molecule has 0 aliphatic carbocycles. The van der Waals surface area contributed by atoms with Gasteiger partial charge in [-0.3, -0.25) is 0 Å². The third-order valence-corrected chi connectivity index (χ3v) is 0.803. The van der Waals surface area contributed by atoms with Crippen molar-refractivity contribution in [3.8, 4) is 11.8 Å². The third-order valence-electron chi connectivity index (χ3n) is 0.803. The molecule has 1 aromatic heterocycles. The van der Waals surface area contributed by atoms with Crippen LogP contribution in [0.3, 0.4) is 0 Å². The van der Waals surface area contributed by atoms with Gasteiger partial charge in [-0.1, -0.05) is 5.92 Å². The second-order valence-corrected chi connectivity index (χ2v) is 1.45. The van der Waals surface area contributed by atoms with Crippen molar-refractivity contribution in [3.63, 3.8) is 0 Å². The van der Waals surface area contributed by atoms with E-state index < -0.39 is 0 Å². The lowest BCUT2D eigenvalue weighted by Gasteiger charge is -1.82. The average Bonchev–Trinajstić information content (AvgIpc) is 1.91. The Balaban J connectivity index is 2.94. The molecule has 9 heavy (non-hydrogen) atoms. The highest BCUT2D eigenvalue weighted by atomic mass is 14.8. The summed E-state index contributed by atoms with van der Waals surface area (Å²) in [5.74, 6) is 6.03. The highest BCUT2D eigenvalue weighted by Crippen LogP contribution is 1.81. The minimum Gasteiger partial charge on any atom is -0.229 e. The molecule has 0 bridgehead atoms. The molecule has 1 aromatic rings. The van der Waals surface area contributed by atoms with Gasteiger partial charge < -0.3 is 0 Å². The second-order valence-electron chi connectivity index (χ2n) is 1.45. The van der Waals surface area contributed by atoms with Crippen molar-refractivity contribution in [2.24, 2.45) is 0 Å². The molecule has 0 atom stereocenters. The van der Waals surface area contributed by atoms with Gasteiger partial charge in [0.2, 0.25) is 5.82 Å². The summed E-state index contributed by atoms with van der Waals surface area (Å²) >= 11 is 0. The fourth-order valence-corrected chi connectivity index (χ4v) is 0.475. The lowest BCUT2D eigenvalue weighted by Crippen LogP contribution is -1.83. The maximum atomic E-state index is 3.88. The molecule has 0 radical (unpaired) electrons. The Kier molecular flexibility index (Phi) is 1.81. The van der Waals surface area contributed by atoms with Crippen LogP contribution in [0.4, 0.5) is 0 Å². The Hall–Kier alpha value is -1.36. The zero-order valence-electron chi connectivity index (χ0n) is 5.13. The van der Waals surface area contributed by atoms with Crippen LogP contribution in [-0.2, 0) is 0 Å². The molecule has 0 unspecified atom stereocenters. The van der Waals surface area contributed by atoms with Crippen molar-refractivity contribution in [2.45, 2.75) is 6.92 Å². The molecule has 1 rings (SSSR count). The van der Waals surface area contributed by atoms with E-state index in [2.05, 4.69) is 21.8 Å². The highest BCUT2D eigenvalue weighted by molar-refractivity contribution is 5.17. The van der Waals surface area contributed by atoms with Crippen molar-refractivity contribution >= 4 is 0 Å². The van der Waals surface area contributed by atoms with Gasteiger partial charge in [0.1, 0.15) is 0 Å². The van der Waals surface area contributed by atoms with Gasteiger partial charge in [0.05, 0.1) is 0 Å². The van der Waals surface area contributed by atoms with Crippen LogP contribution in [0.2, 0.25) is 0 Å². The van der Waals surface area contributed by atoms with Gasteiger partial charge in [0, 0.05) is 12.4 Å². The molecule has 0 saturated carbocycles. The first kappa shape index (κ1) is 5.77. The summed E-state index contributed by atoms with van der Waals surface area (Å²) in [7, 11) is 0. The summed E-state index contributed by atoms with van der Waals surface area (Å²) < 4.78 is 0. The summed E-state index contributed by atoms with van der Waals surface area (Å²) in [6.45, 7) is 1.76. The molecule has 0 aliphatic heterocycles. The SMILES string of the molecule is CC#Cc1ncccn1. The second kappa shape index (κ2) is 2.83. The predicted octanol–water partition coefficient (Wildman–Crippen LogP) is 0.848. The van der Waals surface area contributed by atoms with Crippen LogP contribution in [0.15, 0.2) is 18.5 Å². The smallest absolute Gasteiger partial charge is 0.204 e. The van der Waals surface area contributed by atoms with E-state index in [1.807, 2.05) is 0 Å². The minimum absolute atomic E-state index is 0.583. The lowest BCUT2D eigenvalue weighted by atomic mass is 10.5. The normalized spacial score (nSPS) is 7.67. The Morgan fingerprint density at radius 1 is 1.33 bits per heavy atom. The molecule has 2 nitrogen and oxygen atoms in total. The van der Waals surface area contributed by atoms with Crippen LogP contribution >= 0.6 is 0 Å². The Labute approximate surface area is 54.0 Å². The first-order valence-corrected chi connectivity index (χ1v) is 2.63. The fraction of sp³-hybridized carbons (Fsp3) is 0.143. The van der Waals surface area contributed by atoms with Crippen LogP contribution in [0.1, 0.15) is 12.7 Å². The number of hydrogen-bond donors (Lipinski definition) is 0. The van der Waals surface area contributed by atoms with E-state index in [-0.39, 0.29) is 0 Å². The van der Waals surface area contributed by atoms with Crippen molar-refractivity contribution in [1.29, 1.82) is 0 Å². The van der Waals surface area contributed by atoms with Crippen molar-refractivity contribution in [3.05, 3.63) is 24.3 Å². The van der Waals surface area contributed by atoms with Crippen LogP contribution in [-0.4, -0.2) is 9.97 Å². The predicted molar refractivity (Wildman–Crippen MR) is 34.6 cm³/mol. The van der Waals surface area contributed by atoms with Crippen LogP contribution in [0, 0.1) is 11.8 Å². The third kappa shape index (κ3) is 1.54. The van der Waals surface area contributed by atoms with Gasteiger partial charge in [0.15, 0.2) is 0 Å². The van der Waals surface area contributed by atoms with Crippen LogP contribution < -0.4 is 0 Å². The lowest BCUT2D eigenvalue weighted by molar-refractivity contribution is 1.13. The van der Waals surface area contributed by atoms with E-state index in [4.69, 9.17) is 0 Å². The van der Waals surface area contributed by atoms with E-state index in [0.29, 0.717) is 5.82 Å². The monoisotopic (exact) mass is 118 g/mol. The summed E-state index contributed by atoms with van der Waals surface area (Å²) in [5.41, 5.74) is 0. The molecule has 0 saturated heterocycles. The molecule has 0 N–H and O–H groups in total. The van der Waals surface area contributed by atoms with Gasteiger partial charge in [0.25, 0.3) is 0 Å². The summed E-state index contributed by atoms with van der Waals surface area (Å²) in [5, 5.41) is 0. The Morgan fingerprint density at radius 3 is 2.56 bits per heavy atom. The first-order valence-electron chi connectivity index (χ1n) is 2.63. The molecular weight excluding hydrogens is 112 g/mol. The zero-order chi connectivity index (χ0) is 6.53. The maximum absolute atomic E-state index is 3.88. The summed E-state index contributed by atoms with van der Waals surface area (Å²) in [6.07, 6.45) is 3.35. The largest absolute Gasteiger partial charge is 0.229 e. The van der Waals surface area contributed by atoms with Gasteiger partial charge in [-0.15, -0.1) is 0 Å². The molecule has 1 heterocycles. The minimum atomic E-state index is 0.583. The molecule has 44 valence electrons. The van der Waals surface area contributed by atoms with Crippen LogP contribution in [0.25, 0.3) is 0 Å². The van der Waals surface area contributed by atoms with Gasteiger partial charge in [-0.2, -0.15) is 0 Å². The van der Waals surface area contributed by atoms with E-state index >= 15 is 0 Å². The van der Waals surface area contributed by atoms with Crippen molar-refractivity contribution < 1.29 is 0 Å². The van der Waals surface area contributed by atoms with Gasteiger partial charge in [-0.25, -0.2) is 9.97 Å². The molecule has 0 aromatic carbocycles. The van der Waals surface area contributed by atoms with Crippen molar-refractivity contribution in [1.82, 2.24) is 9.97 Å². The fourth-order valence-electron chi connectivity index (χ4n) is 0.475. The molecule has 0 aliphatic rings. The topological polar surface area (TPSA) is 25.8 Å². The number of hydrogen-bond acceptors (Lipinski definition) is 2. The molecule has 0 fully saturated rings. The average molecular weight is 118 g/mol. The van der Waals surface area contributed by atoms with Gasteiger partial charge in [-0.05, 0) is 18.9 Å². The molecule has 0 amide bonds. The van der Waals surface area contributed by atoms with Crippen LogP contribution in [0.5, 0.6) is 0 Å². The number of nitrogens with zero attached hydrogens (tertiary/aromatic N) is 2. The Bertz CT molecular complexity index is 230. The Morgan fingerprint density at radius 2 is 2.00 bits per heavy atom. The van der Waals surface area contributed by atoms with E-state index in [1.165, 1.54) is 0 Å². The molecular formula is C7H6N2. The molecule has 2 heteroatoms. The van der Waals surface area contributed by atoms with E-state index in [9.17, 15) is 0 Å². The van der Waals surface area contributed by atoms with Crippen molar-refractivity contribution in [2.75, 3.05) is 0 Å². The van der Waals surface area contributed by atoms with Gasteiger partial charge >= 0.3 is 0 Å². The molecule has 0 spiro atoms. The van der Waals surface area contributed by atoms with E-state index in [0.717, 1.165) is 0 Å². The zero-order valence-corrected chi connectivity index (χ0v) is 5.13. The maximum Gasteiger partial charge on any atom is 0.204 e. The summed E-state index contributed by atoms with van der Waals surface area (Å²) in [4.78, 5) is 7.77. The first-order chi connectivity index (χ1) is 4.43. The quantitative estimate of drug-likeness (QED) is 0.472. The number of rotatable bonds is 0. The number of aromatic nitrogens is 2. The standard InChI is InChI=1S/C7H6N2/c1-2-4-7-8-5-3-6-9-7/h3,5-6H,1H3. The summed E-state index contributed by atoms with van der Waals surface area (Å²) in [6, 6.07) is 1.76. The van der Waals surface area contributed by atoms with E-state index in [1.54, 1.807) is 25.4 Å². The highest BCUT2D eigenvalue weighted by Gasteiger charge is 1.80.